The lowest BCUT2D eigenvalue weighted by molar-refractivity contribution is 1.11. The van der Waals surface area contributed by atoms with Gasteiger partial charge in [0.15, 0.2) is 0 Å². The van der Waals surface area contributed by atoms with E-state index in [9.17, 15) is 0 Å². The highest BCUT2D eigenvalue weighted by Gasteiger charge is 1.85. The first-order valence-electron chi connectivity index (χ1n) is 3.96. The highest BCUT2D eigenvalue weighted by molar-refractivity contribution is 5.51. The molecule has 1 radical (unpaired) electrons. The summed E-state index contributed by atoms with van der Waals surface area (Å²) in [6, 6.07) is 11.1. The van der Waals surface area contributed by atoms with Crippen molar-refractivity contribution in [3.8, 4) is 0 Å². The van der Waals surface area contributed by atoms with Crippen LogP contribution in [0.4, 0.5) is 0 Å². The van der Waals surface area contributed by atoms with E-state index in [2.05, 4.69) is 32.1 Å². The summed E-state index contributed by atoms with van der Waals surface area (Å²) >= 11 is 0. The second kappa shape index (κ2) is 3.97. The molecule has 0 unspecified atom stereocenters. The molecule has 0 amide bonds. The Balaban J connectivity index is 2.79. The molecule has 0 heterocycles. The van der Waals surface area contributed by atoms with Gasteiger partial charge in [0.1, 0.15) is 0 Å². The average molecular weight is 145 g/mol. The van der Waals surface area contributed by atoms with Crippen LogP contribution < -0.4 is 0 Å². The maximum Gasteiger partial charge on any atom is -0.0178 e. The Morgan fingerprint density at radius 2 is 2.45 bits per heavy atom. The minimum atomic E-state index is 1.12. The van der Waals surface area contributed by atoms with Crippen molar-refractivity contribution in [1.29, 1.82) is 0 Å². The molecule has 0 saturated heterocycles. The predicted octanol–water partition coefficient (Wildman–Crippen LogP) is 3.30. The first-order valence-corrected chi connectivity index (χ1v) is 3.96. The van der Waals surface area contributed by atoms with Crippen molar-refractivity contribution in [2.45, 2.75) is 20.3 Å². The van der Waals surface area contributed by atoms with E-state index in [0.717, 1.165) is 6.42 Å². The molecule has 0 heteroatoms. The molecule has 1 aromatic rings. The molecule has 0 N–H and O–H groups in total. The van der Waals surface area contributed by atoms with Crippen LogP contribution in [0.5, 0.6) is 0 Å². The molecule has 0 saturated carbocycles. The standard InChI is InChI=1S/C11H13/c1-3-10(2)9-11-7-5-4-6-8-11/h4-5,7-9H,3H2,1-2H3. The van der Waals surface area contributed by atoms with Gasteiger partial charge in [-0.1, -0.05) is 36.8 Å². The SMILES string of the molecule is CCC(C)=Cc1c[c]ccc1. The Bertz CT molecular complexity index is 231. The molecule has 57 valence electrons. The molecule has 11 heavy (non-hydrogen) atoms. The minimum absolute atomic E-state index is 1.12. The van der Waals surface area contributed by atoms with Crippen LogP contribution in [-0.4, -0.2) is 0 Å². The lowest BCUT2D eigenvalue weighted by Crippen LogP contribution is -1.73. The van der Waals surface area contributed by atoms with Crippen molar-refractivity contribution in [2.75, 3.05) is 0 Å². The average Bonchev–Trinajstić information content (AvgIpc) is 2.06. The van der Waals surface area contributed by atoms with Gasteiger partial charge < -0.3 is 0 Å². The Morgan fingerprint density at radius 1 is 1.64 bits per heavy atom. The van der Waals surface area contributed by atoms with E-state index >= 15 is 0 Å². The van der Waals surface area contributed by atoms with Crippen LogP contribution in [0.15, 0.2) is 29.8 Å². The molecule has 1 rings (SSSR count). The van der Waals surface area contributed by atoms with E-state index in [1.54, 1.807) is 0 Å². The summed E-state index contributed by atoms with van der Waals surface area (Å²) < 4.78 is 0. The van der Waals surface area contributed by atoms with Gasteiger partial charge in [-0.2, -0.15) is 0 Å². The zero-order valence-electron chi connectivity index (χ0n) is 7.09. The molecular formula is C11H13. The van der Waals surface area contributed by atoms with Crippen molar-refractivity contribution in [3.05, 3.63) is 41.5 Å². The van der Waals surface area contributed by atoms with E-state index in [0.29, 0.717) is 0 Å². The van der Waals surface area contributed by atoms with Crippen molar-refractivity contribution in [3.63, 3.8) is 0 Å². The number of rotatable bonds is 2. The summed E-state index contributed by atoms with van der Waals surface area (Å²) in [5.74, 6) is 0. The molecule has 1 aromatic carbocycles. The molecule has 0 bridgehead atoms. The monoisotopic (exact) mass is 145 g/mol. The van der Waals surface area contributed by atoms with Gasteiger partial charge in [-0.05, 0) is 31.0 Å². The summed E-state index contributed by atoms with van der Waals surface area (Å²) in [4.78, 5) is 0. The molecule has 0 aliphatic carbocycles. The maximum atomic E-state index is 3.05. The zero-order chi connectivity index (χ0) is 8.10. The van der Waals surface area contributed by atoms with Gasteiger partial charge >= 0.3 is 0 Å². The van der Waals surface area contributed by atoms with Gasteiger partial charge in [0.25, 0.3) is 0 Å². The second-order valence-corrected chi connectivity index (χ2v) is 2.68. The lowest BCUT2D eigenvalue weighted by atomic mass is 10.1. The van der Waals surface area contributed by atoms with Gasteiger partial charge in [-0.25, -0.2) is 0 Å². The van der Waals surface area contributed by atoms with Crippen LogP contribution in [-0.2, 0) is 0 Å². The Hall–Kier alpha value is -1.04. The molecule has 0 fully saturated rings. The van der Waals surface area contributed by atoms with Gasteiger partial charge in [0.05, 0.1) is 0 Å². The number of hydrogen-bond acceptors (Lipinski definition) is 0. The third-order valence-corrected chi connectivity index (χ3v) is 1.70. The third kappa shape index (κ3) is 2.58. The fourth-order valence-corrected chi connectivity index (χ4v) is 0.884. The molecule has 0 aliphatic heterocycles. The number of allylic oxidation sites excluding steroid dienone is 1. The second-order valence-electron chi connectivity index (χ2n) is 2.68. The molecule has 0 aromatic heterocycles. The van der Waals surface area contributed by atoms with E-state index in [-0.39, 0.29) is 0 Å². The Morgan fingerprint density at radius 3 is 3.00 bits per heavy atom. The summed E-state index contributed by atoms with van der Waals surface area (Å²) in [6.45, 7) is 4.31. The topological polar surface area (TPSA) is 0 Å². The lowest BCUT2D eigenvalue weighted by Gasteiger charge is -1.94. The Labute approximate surface area is 68.6 Å². The fraction of sp³-hybridized carbons (Fsp3) is 0.273. The van der Waals surface area contributed by atoms with E-state index in [1.165, 1.54) is 11.1 Å². The number of hydrogen-bond donors (Lipinski definition) is 0. The van der Waals surface area contributed by atoms with Crippen LogP contribution in [0.3, 0.4) is 0 Å². The van der Waals surface area contributed by atoms with Crippen LogP contribution in [0, 0.1) is 6.07 Å². The normalized spacial score (nSPS) is 11.6. The van der Waals surface area contributed by atoms with Crippen LogP contribution in [0.25, 0.3) is 6.08 Å². The zero-order valence-corrected chi connectivity index (χ0v) is 7.09. The number of benzene rings is 1. The van der Waals surface area contributed by atoms with Crippen molar-refractivity contribution in [2.24, 2.45) is 0 Å². The highest BCUT2D eigenvalue weighted by atomic mass is 13.9. The summed E-state index contributed by atoms with van der Waals surface area (Å²) in [5.41, 5.74) is 2.65. The van der Waals surface area contributed by atoms with Crippen molar-refractivity contribution in [1.82, 2.24) is 0 Å². The van der Waals surface area contributed by atoms with Crippen LogP contribution in [0.1, 0.15) is 25.8 Å². The first kappa shape index (κ1) is 8.06. The van der Waals surface area contributed by atoms with Crippen molar-refractivity contribution >= 4 is 6.08 Å². The highest BCUT2D eigenvalue weighted by Crippen LogP contribution is 2.07. The third-order valence-electron chi connectivity index (χ3n) is 1.70. The predicted molar refractivity (Wildman–Crippen MR) is 49.2 cm³/mol. The largest absolute Gasteiger partial charge is 0.0730 e. The molecule has 0 spiro atoms. The van der Waals surface area contributed by atoms with E-state index in [4.69, 9.17) is 0 Å². The van der Waals surface area contributed by atoms with Crippen LogP contribution >= 0.6 is 0 Å². The van der Waals surface area contributed by atoms with Gasteiger partial charge in [-0.3, -0.25) is 0 Å². The summed E-state index contributed by atoms with van der Waals surface area (Å²) in [6.07, 6.45) is 3.31. The van der Waals surface area contributed by atoms with E-state index in [1.807, 2.05) is 18.2 Å². The fourth-order valence-electron chi connectivity index (χ4n) is 0.884. The molecule has 0 nitrogen and oxygen atoms in total. The smallest absolute Gasteiger partial charge is 0.0178 e. The van der Waals surface area contributed by atoms with E-state index < -0.39 is 0 Å². The van der Waals surface area contributed by atoms with Crippen LogP contribution in [0.2, 0.25) is 0 Å². The van der Waals surface area contributed by atoms with Gasteiger partial charge in [-0.15, -0.1) is 0 Å². The first-order chi connectivity index (χ1) is 5.33. The molecule has 0 aliphatic rings. The molecular weight excluding hydrogens is 132 g/mol. The van der Waals surface area contributed by atoms with Gasteiger partial charge in [0, 0.05) is 0 Å². The summed E-state index contributed by atoms with van der Waals surface area (Å²) in [7, 11) is 0. The molecule has 0 atom stereocenters. The summed E-state index contributed by atoms with van der Waals surface area (Å²) in [5, 5.41) is 0. The quantitative estimate of drug-likeness (QED) is 0.599. The van der Waals surface area contributed by atoms with Gasteiger partial charge in [0.2, 0.25) is 0 Å². The minimum Gasteiger partial charge on any atom is -0.0730 e. The van der Waals surface area contributed by atoms with Crippen molar-refractivity contribution < 1.29 is 0 Å². The Kier molecular flexibility index (Phi) is 2.91. The maximum absolute atomic E-state index is 3.05.